The van der Waals surface area contributed by atoms with Crippen molar-refractivity contribution in [2.24, 2.45) is 5.10 Å². The molecule has 0 saturated heterocycles. The number of amides is 2. The molecule has 2 N–H and O–H groups in total. The van der Waals surface area contributed by atoms with Crippen LogP contribution >= 0.6 is 11.6 Å². The standard InChI is InChI=1S/C27H28ClN3O5/c1-3-14-35-24-13-8-20(16-25(24)34-4-2)27(33)31-29-17-19-6-5-7-23(15-19)36-18-26(32)30-22-11-9-21(28)10-12-22/h5-13,15-17H,3-4,14,18H2,1-2H3,(H,30,32)(H,31,33)/b29-17+. The molecular formula is C27H28ClN3O5. The zero-order chi connectivity index (χ0) is 25.8. The smallest absolute Gasteiger partial charge is 0.271 e. The van der Waals surface area contributed by atoms with Gasteiger partial charge in [-0.3, -0.25) is 9.59 Å². The van der Waals surface area contributed by atoms with Gasteiger partial charge in [0.1, 0.15) is 5.75 Å². The summed E-state index contributed by atoms with van der Waals surface area (Å²) in [5.41, 5.74) is 4.20. The van der Waals surface area contributed by atoms with E-state index in [1.54, 1.807) is 66.7 Å². The summed E-state index contributed by atoms with van der Waals surface area (Å²) in [6.07, 6.45) is 2.35. The lowest BCUT2D eigenvalue weighted by atomic mass is 10.2. The van der Waals surface area contributed by atoms with Crippen LogP contribution in [0.15, 0.2) is 71.8 Å². The minimum atomic E-state index is -0.388. The van der Waals surface area contributed by atoms with E-state index in [1.807, 2.05) is 13.8 Å². The topological polar surface area (TPSA) is 98.3 Å². The maximum atomic E-state index is 12.5. The van der Waals surface area contributed by atoms with E-state index in [0.29, 0.717) is 52.3 Å². The van der Waals surface area contributed by atoms with Gasteiger partial charge in [-0.1, -0.05) is 30.7 Å². The van der Waals surface area contributed by atoms with Gasteiger partial charge in [0.25, 0.3) is 11.8 Å². The van der Waals surface area contributed by atoms with Crippen LogP contribution in [0.25, 0.3) is 0 Å². The van der Waals surface area contributed by atoms with Crippen LogP contribution in [0.1, 0.15) is 36.2 Å². The minimum Gasteiger partial charge on any atom is -0.490 e. The number of benzene rings is 3. The predicted molar refractivity (Wildman–Crippen MR) is 140 cm³/mol. The van der Waals surface area contributed by atoms with Crippen LogP contribution in [0, 0.1) is 0 Å². The van der Waals surface area contributed by atoms with Gasteiger partial charge in [-0.15, -0.1) is 0 Å². The quantitative estimate of drug-likeness (QED) is 0.255. The van der Waals surface area contributed by atoms with Gasteiger partial charge < -0.3 is 19.5 Å². The van der Waals surface area contributed by atoms with Gasteiger partial charge in [0, 0.05) is 16.3 Å². The Morgan fingerprint density at radius 1 is 0.944 bits per heavy atom. The molecule has 0 unspecified atom stereocenters. The fraction of sp³-hybridized carbons (Fsp3) is 0.222. The molecule has 0 aliphatic rings. The molecule has 0 radical (unpaired) electrons. The summed E-state index contributed by atoms with van der Waals surface area (Å²) in [5.74, 6) is 0.896. The van der Waals surface area contributed by atoms with Gasteiger partial charge in [0.15, 0.2) is 18.1 Å². The molecular weight excluding hydrogens is 482 g/mol. The molecule has 188 valence electrons. The van der Waals surface area contributed by atoms with E-state index in [2.05, 4.69) is 15.8 Å². The number of anilines is 1. The first-order valence-electron chi connectivity index (χ1n) is 11.5. The SMILES string of the molecule is CCCOc1ccc(C(=O)N/N=C/c2cccc(OCC(=O)Nc3ccc(Cl)cc3)c2)cc1OCC. The number of nitrogens with zero attached hydrogens (tertiary/aromatic N) is 1. The van der Waals surface area contributed by atoms with Gasteiger partial charge >= 0.3 is 0 Å². The molecule has 0 fully saturated rings. The maximum absolute atomic E-state index is 12.5. The first-order valence-corrected chi connectivity index (χ1v) is 11.9. The zero-order valence-electron chi connectivity index (χ0n) is 20.1. The van der Waals surface area contributed by atoms with Gasteiger partial charge in [-0.2, -0.15) is 5.10 Å². The number of hydrazone groups is 1. The lowest BCUT2D eigenvalue weighted by molar-refractivity contribution is -0.118. The molecule has 2 amide bonds. The minimum absolute atomic E-state index is 0.167. The molecule has 0 saturated carbocycles. The fourth-order valence-corrected chi connectivity index (χ4v) is 3.17. The summed E-state index contributed by atoms with van der Waals surface area (Å²) < 4.78 is 16.8. The van der Waals surface area contributed by atoms with Crippen LogP contribution in [0.4, 0.5) is 5.69 Å². The Morgan fingerprint density at radius 3 is 2.50 bits per heavy atom. The second kappa shape index (κ2) is 13.7. The fourth-order valence-electron chi connectivity index (χ4n) is 3.04. The molecule has 0 bridgehead atoms. The van der Waals surface area contributed by atoms with Gasteiger partial charge in [-0.25, -0.2) is 5.43 Å². The molecule has 0 spiro atoms. The van der Waals surface area contributed by atoms with Crippen LogP contribution in [-0.2, 0) is 4.79 Å². The molecule has 0 aliphatic heterocycles. The molecule has 8 nitrogen and oxygen atoms in total. The Bertz CT molecular complexity index is 1200. The number of nitrogens with one attached hydrogen (secondary N) is 2. The third-order valence-corrected chi connectivity index (χ3v) is 4.96. The molecule has 3 rings (SSSR count). The lowest BCUT2D eigenvalue weighted by Gasteiger charge is -2.12. The van der Waals surface area contributed by atoms with E-state index < -0.39 is 0 Å². The molecule has 36 heavy (non-hydrogen) atoms. The Morgan fingerprint density at radius 2 is 1.75 bits per heavy atom. The van der Waals surface area contributed by atoms with E-state index in [-0.39, 0.29) is 18.4 Å². The van der Waals surface area contributed by atoms with Crippen molar-refractivity contribution >= 4 is 35.3 Å². The Kier molecular flexibility index (Phi) is 10.1. The van der Waals surface area contributed by atoms with E-state index in [4.69, 9.17) is 25.8 Å². The molecule has 0 heterocycles. The second-order valence-corrected chi connectivity index (χ2v) is 7.99. The molecule has 9 heteroatoms. The number of hydrogen-bond acceptors (Lipinski definition) is 6. The molecule has 0 aliphatic carbocycles. The predicted octanol–water partition coefficient (Wildman–Crippen LogP) is 5.31. The number of ether oxygens (including phenoxy) is 3. The van der Waals surface area contributed by atoms with Gasteiger partial charge in [-0.05, 0) is 73.5 Å². The molecule has 3 aromatic rings. The zero-order valence-corrected chi connectivity index (χ0v) is 20.9. The van der Waals surface area contributed by atoms with Crippen molar-refractivity contribution in [1.29, 1.82) is 0 Å². The maximum Gasteiger partial charge on any atom is 0.271 e. The van der Waals surface area contributed by atoms with Crippen LogP contribution in [0.3, 0.4) is 0 Å². The summed E-state index contributed by atoms with van der Waals surface area (Å²) in [6.45, 7) is 4.73. The number of rotatable bonds is 12. The van der Waals surface area contributed by atoms with Crippen molar-refractivity contribution in [1.82, 2.24) is 5.43 Å². The Labute approximate surface area is 215 Å². The first kappa shape index (κ1) is 26.6. The van der Waals surface area contributed by atoms with Gasteiger partial charge in [0.05, 0.1) is 19.4 Å². The molecule has 0 aromatic heterocycles. The highest BCUT2D eigenvalue weighted by molar-refractivity contribution is 6.30. The summed E-state index contributed by atoms with van der Waals surface area (Å²) in [6, 6.07) is 18.8. The van der Waals surface area contributed by atoms with E-state index in [9.17, 15) is 9.59 Å². The highest BCUT2D eigenvalue weighted by Crippen LogP contribution is 2.28. The Balaban J connectivity index is 1.54. The van der Waals surface area contributed by atoms with Gasteiger partial charge in [0.2, 0.25) is 0 Å². The highest BCUT2D eigenvalue weighted by atomic mass is 35.5. The Hall–Kier alpha value is -4.04. The van der Waals surface area contributed by atoms with Crippen molar-refractivity contribution < 1.29 is 23.8 Å². The average Bonchev–Trinajstić information content (AvgIpc) is 2.88. The normalized spacial score (nSPS) is 10.6. The summed E-state index contributed by atoms with van der Waals surface area (Å²) in [4.78, 5) is 24.6. The van der Waals surface area contributed by atoms with Crippen LogP contribution in [-0.4, -0.2) is 37.8 Å². The number of hydrogen-bond donors (Lipinski definition) is 2. The summed E-state index contributed by atoms with van der Waals surface area (Å²) in [7, 11) is 0. The lowest BCUT2D eigenvalue weighted by Crippen LogP contribution is -2.20. The van der Waals surface area contributed by atoms with Crippen molar-refractivity contribution in [3.63, 3.8) is 0 Å². The van der Waals surface area contributed by atoms with E-state index >= 15 is 0 Å². The number of carbonyl (C=O) groups excluding carboxylic acids is 2. The van der Waals surface area contributed by atoms with Crippen LogP contribution in [0.5, 0.6) is 17.2 Å². The van der Waals surface area contributed by atoms with Crippen molar-refractivity contribution in [2.45, 2.75) is 20.3 Å². The van der Waals surface area contributed by atoms with Crippen LogP contribution in [0.2, 0.25) is 5.02 Å². The van der Waals surface area contributed by atoms with Crippen molar-refractivity contribution in [2.75, 3.05) is 25.1 Å². The number of carbonyl (C=O) groups is 2. The largest absolute Gasteiger partial charge is 0.490 e. The highest BCUT2D eigenvalue weighted by Gasteiger charge is 2.11. The first-order chi connectivity index (χ1) is 17.5. The van der Waals surface area contributed by atoms with E-state index in [1.165, 1.54) is 6.21 Å². The van der Waals surface area contributed by atoms with Crippen molar-refractivity contribution in [3.05, 3.63) is 82.9 Å². The van der Waals surface area contributed by atoms with Crippen LogP contribution < -0.4 is 25.0 Å². The number of halogens is 1. The van der Waals surface area contributed by atoms with Crippen molar-refractivity contribution in [3.8, 4) is 17.2 Å². The second-order valence-electron chi connectivity index (χ2n) is 7.56. The van der Waals surface area contributed by atoms with E-state index in [0.717, 1.165) is 6.42 Å². The monoisotopic (exact) mass is 509 g/mol. The molecule has 3 aromatic carbocycles. The molecule has 0 atom stereocenters. The third-order valence-electron chi connectivity index (χ3n) is 4.70. The third kappa shape index (κ3) is 8.32. The summed E-state index contributed by atoms with van der Waals surface area (Å²) in [5, 5.41) is 7.34. The average molecular weight is 510 g/mol. The summed E-state index contributed by atoms with van der Waals surface area (Å²) >= 11 is 5.85.